The lowest BCUT2D eigenvalue weighted by molar-refractivity contribution is 0.419. The summed E-state index contributed by atoms with van der Waals surface area (Å²) >= 11 is 0. The fourth-order valence-electron chi connectivity index (χ4n) is 2.93. The van der Waals surface area contributed by atoms with E-state index in [1.165, 1.54) is 28.6 Å². The molecule has 0 aliphatic heterocycles. The molecule has 1 aliphatic carbocycles. The van der Waals surface area contributed by atoms with Gasteiger partial charge in [-0.05, 0) is 43.4 Å². The number of aryl methyl sites for hydroxylation is 2. The summed E-state index contributed by atoms with van der Waals surface area (Å²) in [6.45, 7) is 2.15. The van der Waals surface area contributed by atoms with E-state index in [2.05, 4.69) is 18.0 Å². The van der Waals surface area contributed by atoms with Crippen molar-refractivity contribution in [3.8, 4) is 5.75 Å². The Kier molecular flexibility index (Phi) is 2.37. The molecule has 2 aromatic rings. The Morgan fingerprint density at radius 2 is 2.24 bits per heavy atom. The first-order valence-electron chi connectivity index (χ1n) is 6.16. The molecule has 3 nitrogen and oxygen atoms in total. The molecule has 3 rings (SSSR count). The standard InChI is InChI=1S/C14H18N2O/c1-8-6-7-11(17-2)14-12(8)9-4-3-5-10(15)13(9)16-14/h6-7,10,16H,3-5,15H2,1-2H3. The van der Waals surface area contributed by atoms with Crippen LogP contribution in [0.3, 0.4) is 0 Å². The highest BCUT2D eigenvalue weighted by molar-refractivity contribution is 5.92. The number of fused-ring (bicyclic) bond motifs is 3. The van der Waals surface area contributed by atoms with E-state index in [1.54, 1.807) is 7.11 Å². The number of methoxy groups -OCH3 is 1. The first-order valence-corrected chi connectivity index (χ1v) is 6.16. The number of ether oxygens (including phenoxy) is 1. The van der Waals surface area contributed by atoms with Gasteiger partial charge in [0.2, 0.25) is 0 Å². The van der Waals surface area contributed by atoms with E-state index in [0.717, 1.165) is 24.1 Å². The Bertz CT molecular complexity index is 571. The minimum absolute atomic E-state index is 0.148. The average molecular weight is 230 g/mol. The van der Waals surface area contributed by atoms with E-state index >= 15 is 0 Å². The predicted octanol–water partition coefficient (Wildman–Crippen LogP) is 2.82. The van der Waals surface area contributed by atoms with Gasteiger partial charge in [-0.15, -0.1) is 0 Å². The van der Waals surface area contributed by atoms with Crippen molar-refractivity contribution in [2.24, 2.45) is 5.73 Å². The van der Waals surface area contributed by atoms with Gasteiger partial charge in [-0.3, -0.25) is 0 Å². The van der Waals surface area contributed by atoms with Crippen molar-refractivity contribution in [1.29, 1.82) is 0 Å². The number of H-pyrrole nitrogens is 1. The van der Waals surface area contributed by atoms with Gasteiger partial charge in [-0.2, -0.15) is 0 Å². The molecule has 0 saturated carbocycles. The van der Waals surface area contributed by atoms with Gasteiger partial charge >= 0.3 is 0 Å². The van der Waals surface area contributed by atoms with E-state index in [9.17, 15) is 0 Å². The number of benzene rings is 1. The van der Waals surface area contributed by atoms with Crippen LogP contribution in [0.5, 0.6) is 5.75 Å². The van der Waals surface area contributed by atoms with Crippen molar-refractivity contribution in [2.45, 2.75) is 32.2 Å². The minimum Gasteiger partial charge on any atom is -0.495 e. The third kappa shape index (κ3) is 1.46. The zero-order valence-electron chi connectivity index (χ0n) is 10.3. The van der Waals surface area contributed by atoms with E-state index in [4.69, 9.17) is 10.5 Å². The molecule has 1 heterocycles. The molecule has 0 fully saturated rings. The maximum Gasteiger partial charge on any atom is 0.142 e. The van der Waals surface area contributed by atoms with E-state index in [0.29, 0.717) is 0 Å². The van der Waals surface area contributed by atoms with Crippen molar-refractivity contribution < 1.29 is 4.74 Å². The van der Waals surface area contributed by atoms with Crippen LogP contribution in [0.25, 0.3) is 10.9 Å². The SMILES string of the molecule is COc1ccc(C)c2c3c([nH]c12)C(N)CCC3. The van der Waals surface area contributed by atoms with Crippen LogP contribution in [0.15, 0.2) is 12.1 Å². The molecular weight excluding hydrogens is 212 g/mol. The summed E-state index contributed by atoms with van der Waals surface area (Å²) in [7, 11) is 1.71. The molecule has 1 aliphatic rings. The number of hydrogen-bond donors (Lipinski definition) is 2. The zero-order valence-corrected chi connectivity index (χ0v) is 10.3. The number of rotatable bonds is 1. The highest BCUT2D eigenvalue weighted by Crippen LogP contribution is 2.38. The minimum atomic E-state index is 0.148. The Morgan fingerprint density at radius 1 is 1.41 bits per heavy atom. The number of aromatic amines is 1. The molecule has 3 N–H and O–H groups in total. The summed E-state index contributed by atoms with van der Waals surface area (Å²) in [5.74, 6) is 0.909. The fourth-order valence-corrected chi connectivity index (χ4v) is 2.93. The monoisotopic (exact) mass is 230 g/mol. The van der Waals surface area contributed by atoms with Crippen LogP contribution in [0, 0.1) is 6.92 Å². The van der Waals surface area contributed by atoms with Crippen LogP contribution in [0.4, 0.5) is 0 Å². The van der Waals surface area contributed by atoms with Gasteiger partial charge in [0.25, 0.3) is 0 Å². The molecule has 17 heavy (non-hydrogen) atoms. The average Bonchev–Trinajstić information content (AvgIpc) is 2.71. The largest absolute Gasteiger partial charge is 0.495 e. The Morgan fingerprint density at radius 3 is 3.00 bits per heavy atom. The molecule has 90 valence electrons. The quantitative estimate of drug-likeness (QED) is 0.791. The maximum absolute atomic E-state index is 6.18. The van der Waals surface area contributed by atoms with Crippen LogP contribution in [-0.2, 0) is 6.42 Å². The second-order valence-electron chi connectivity index (χ2n) is 4.85. The lowest BCUT2D eigenvalue weighted by Gasteiger charge is -2.18. The summed E-state index contributed by atoms with van der Waals surface area (Å²) in [5.41, 5.74) is 11.2. The molecule has 1 unspecified atom stereocenters. The first-order chi connectivity index (χ1) is 8.22. The van der Waals surface area contributed by atoms with E-state index in [-0.39, 0.29) is 6.04 Å². The van der Waals surface area contributed by atoms with Gasteiger partial charge in [0.15, 0.2) is 0 Å². The molecule has 0 saturated heterocycles. The molecule has 0 amide bonds. The highest BCUT2D eigenvalue weighted by Gasteiger charge is 2.23. The maximum atomic E-state index is 6.18. The summed E-state index contributed by atoms with van der Waals surface area (Å²) in [6, 6.07) is 4.29. The van der Waals surface area contributed by atoms with Gasteiger partial charge in [0, 0.05) is 17.1 Å². The number of nitrogens with one attached hydrogen (secondary N) is 1. The van der Waals surface area contributed by atoms with E-state index < -0.39 is 0 Å². The second-order valence-corrected chi connectivity index (χ2v) is 4.85. The van der Waals surface area contributed by atoms with Crippen LogP contribution in [0.1, 0.15) is 35.7 Å². The van der Waals surface area contributed by atoms with Crippen LogP contribution in [0.2, 0.25) is 0 Å². The lowest BCUT2D eigenvalue weighted by atomic mass is 9.91. The van der Waals surface area contributed by atoms with Gasteiger partial charge in [0.1, 0.15) is 5.75 Å². The Balaban J connectivity index is 2.36. The van der Waals surface area contributed by atoms with Gasteiger partial charge in [0.05, 0.1) is 12.6 Å². The Labute approximate surface area is 101 Å². The lowest BCUT2D eigenvalue weighted by Crippen LogP contribution is -2.16. The topological polar surface area (TPSA) is 51.0 Å². The van der Waals surface area contributed by atoms with Crippen molar-refractivity contribution in [1.82, 2.24) is 4.98 Å². The number of aromatic nitrogens is 1. The first kappa shape index (κ1) is 10.7. The summed E-state index contributed by atoms with van der Waals surface area (Å²) in [4.78, 5) is 3.48. The molecule has 0 spiro atoms. The number of hydrogen-bond acceptors (Lipinski definition) is 2. The van der Waals surface area contributed by atoms with Crippen LogP contribution in [-0.4, -0.2) is 12.1 Å². The third-order valence-corrected chi connectivity index (χ3v) is 3.79. The van der Waals surface area contributed by atoms with Crippen molar-refractivity contribution in [3.05, 3.63) is 29.0 Å². The van der Waals surface area contributed by atoms with Gasteiger partial charge < -0.3 is 15.5 Å². The highest BCUT2D eigenvalue weighted by atomic mass is 16.5. The smallest absolute Gasteiger partial charge is 0.142 e. The summed E-state index contributed by atoms with van der Waals surface area (Å²) < 4.78 is 5.42. The molecule has 1 atom stereocenters. The fraction of sp³-hybridized carbons (Fsp3) is 0.429. The molecule has 1 aromatic carbocycles. The molecule has 0 radical (unpaired) electrons. The normalized spacial score (nSPS) is 19.4. The van der Waals surface area contributed by atoms with Crippen molar-refractivity contribution in [2.75, 3.05) is 7.11 Å². The molecule has 3 heteroatoms. The molecule has 1 aromatic heterocycles. The van der Waals surface area contributed by atoms with E-state index in [1.807, 2.05) is 6.07 Å². The summed E-state index contributed by atoms with van der Waals surface area (Å²) in [5, 5.41) is 1.31. The molecule has 0 bridgehead atoms. The van der Waals surface area contributed by atoms with Gasteiger partial charge in [-0.25, -0.2) is 0 Å². The van der Waals surface area contributed by atoms with Gasteiger partial charge in [-0.1, -0.05) is 6.07 Å². The number of nitrogens with two attached hydrogens (primary N) is 1. The molecular formula is C14H18N2O. The Hall–Kier alpha value is -1.48. The van der Waals surface area contributed by atoms with Crippen molar-refractivity contribution in [3.63, 3.8) is 0 Å². The van der Waals surface area contributed by atoms with Crippen LogP contribution < -0.4 is 10.5 Å². The third-order valence-electron chi connectivity index (χ3n) is 3.79. The summed E-state index contributed by atoms with van der Waals surface area (Å²) in [6.07, 6.45) is 3.37. The second kappa shape index (κ2) is 3.77. The van der Waals surface area contributed by atoms with Crippen LogP contribution >= 0.6 is 0 Å². The predicted molar refractivity (Wildman–Crippen MR) is 69.5 cm³/mol. The van der Waals surface area contributed by atoms with Crippen molar-refractivity contribution >= 4 is 10.9 Å². The zero-order chi connectivity index (χ0) is 12.0.